The predicted molar refractivity (Wildman–Crippen MR) is 106 cm³/mol. The Morgan fingerprint density at radius 2 is 1.88 bits per heavy atom. The number of guanidine groups is 1. The van der Waals surface area contributed by atoms with Gasteiger partial charge < -0.3 is 25.1 Å². The molecule has 1 atom stereocenters. The number of benzene rings is 1. The number of nitrogens with one attached hydrogen (secondary N) is 1. The van der Waals surface area contributed by atoms with Gasteiger partial charge in [-0.3, -0.25) is 4.99 Å². The van der Waals surface area contributed by atoms with Crippen molar-refractivity contribution >= 4 is 11.6 Å². The zero-order valence-electron chi connectivity index (χ0n) is 15.8. The molecule has 26 heavy (non-hydrogen) atoms. The van der Waals surface area contributed by atoms with Crippen LogP contribution in [0.3, 0.4) is 0 Å². The Balaban J connectivity index is 1.25. The molecule has 2 aliphatic heterocycles. The van der Waals surface area contributed by atoms with Gasteiger partial charge in [0.15, 0.2) is 5.96 Å². The van der Waals surface area contributed by atoms with Crippen LogP contribution >= 0.6 is 0 Å². The van der Waals surface area contributed by atoms with Gasteiger partial charge in [0.05, 0.1) is 5.69 Å². The van der Waals surface area contributed by atoms with E-state index < -0.39 is 0 Å². The van der Waals surface area contributed by atoms with E-state index in [-0.39, 0.29) is 0 Å². The second-order valence-electron chi connectivity index (χ2n) is 7.77. The fraction of sp³-hybridized carbons (Fsp3) is 0.650. The van der Waals surface area contributed by atoms with Crippen molar-refractivity contribution in [1.82, 2.24) is 15.1 Å². The topological polar surface area (TPSA) is 54.3 Å². The minimum atomic E-state index is 0.366. The number of anilines is 1. The van der Waals surface area contributed by atoms with Gasteiger partial charge in [0.2, 0.25) is 0 Å². The average molecular weight is 358 g/mol. The first-order chi connectivity index (χ1) is 12.7. The summed E-state index contributed by atoms with van der Waals surface area (Å²) in [7, 11) is 1.88. The van der Waals surface area contributed by atoms with Gasteiger partial charge in [-0.1, -0.05) is 12.1 Å². The van der Waals surface area contributed by atoms with Gasteiger partial charge in [-0.05, 0) is 43.9 Å². The Hall–Kier alpha value is -1.95. The van der Waals surface area contributed by atoms with E-state index in [4.69, 9.17) is 0 Å². The van der Waals surface area contributed by atoms with Gasteiger partial charge in [0.25, 0.3) is 0 Å². The lowest BCUT2D eigenvalue weighted by atomic mass is 10.1. The number of piperazine rings is 1. The summed E-state index contributed by atoms with van der Waals surface area (Å²) < 4.78 is 0. The van der Waals surface area contributed by atoms with E-state index in [1.165, 1.54) is 32.4 Å². The van der Waals surface area contributed by atoms with Crippen molar-refractivity contribution in [3.05, 3.63) is 24.3 Å². The van der Waals surface area contributed by atoms with Crippen LogP contribution in [0.1, 0.15) is 19.3 Å². The summed E-state index contributed by atoms with van der Waals surface area (Å²) in [4.78, 5) is 11.8. The molecular weight excluding hydrogens is 326 g/mol. The maximum Gasteiger partial charge on any atom is 0.193 e. The fourth-order valence-corrected chi connectivity index (χ4v) is 4.26. The maximum absolute atomic E-state index is 10.1. The zero-order chi connectivity index (χ0) is 17.9. The smallest absolute Gasteiger partial charge is 0.193 e. The molecule has 0 bridgehead atoms. The van der Waals surface area contributed by atoms with Crippen molar-refractivity contribution < 1.29 is 5.11 Å². The highest BCUT2D eigenvalue weighted by molar-refractivity contribution is 5.80. The number of hydrogen-bond donors (Lipinski definition) is 2. The fourth-order valence-electron chi connectivity index (χ4n) is 4.26. The molecule has 0 radical (unpaired) electrons. The molecule has 142 valence electrons. The molecule has 1 unspecified atom stereocenters. The molecule has 2 heterocycles. The van der Waals surface area contributed by atoms with Crippen molar-refractivity contribution in [1.29, 1.82) is 0 Å². The molecule has 0 spiro atoms. The first kappa shape index (κ1) is 17.5. The van der Waals surface area contributed by atoms with Crippen LogP contribution in [0.4, 0.5) is 5.69 Å². The van der Waals surface area contributed by atoms with Gasteiger partial charge >= 0.3 is 0 Å². The summed E-state index contributed by atoms with van der Waals surface area (Å²) in [6, 6.07) is 8.49. The largest absolute Gasteiger partial charge is 0.506 e. The molecule has 2 N–H and O–H groups in total. The molecule has 3 fully saturated rings. The lowest BCUT2D eigenvalue weighted by Gasteiger charge is -2.38. The van der Waals surface area contributed by atoms with Crippen LogP contribution in [-0.4, -0.2) is 79.8 Å². The number of nitrogens with zero attached hydrogens (tertiary/aromatic N) is 4. The number of likely N-dealkylation sites (tertiary alicyclic amines) is 1. The van der Waals surface area contributed by atoms with E-state index in [0.717, 1.165) is 56.3 Å². The molecule has 3 aliphatic rings. The lowest BCUT2D eigenvalue weighted by molar-refractivity contribution is 0.312. The summed E-state index contributed by atoms with van der Waals surface area (Å²) in [5.41, 5.74) is 0.932. The summed E-state index contributed by atoms with van der Waals surface area (Å²) in [6.45, 7) is 7.19. The van der Waals surface area contributed by atoms with Gasteiger partial charge in [0.1, 0.15) is 5.75 Å². The quantitative estimate of drug-likeness (QED) is 0.633. The molecule has 0 aromatic heterocycles. The van der Waals surface area contributed by atoms with Crippen molar-refractivity contribution in [2.45, 2.75) is 25.3 Å². The number of para-hydroxylation sites is 2. The van der Waals surface area contributed by atoms with Crippen LogP contribution in [0.25, 0.3) is 0 Å². The molecule has 2 saturated heterocycles. The third-order valence-corrected chi connectivity index (χ3v) is 5.94. The molecule has 6 nitrogen and oxygen atoms in total. The summed E-state index contributed by atoms with van der Waals surface area (Å²) in [5.74, 6) is 2.13. The molecule has 1 aromatic carbocycles. The van der Waals surface area contributed by atoms with Crippen LogP contribution < -0.4 is 10.2 Å². The van der Waals surface area contributed by atoms with Crippen molar-refractivity contribution in [3.63, 3.8) is 0 Å². The maximum atomic E-state index is 10.1. The van der Waals surface area contributed by atoms with E-state index in [0.29, 0.717) is 5.75 Å². The Labute approximate surface area is 156 Å². The molecule has 1 aliphatic carbocycles. The zero-order valence-corrected chi connectivity index (χ0v) is 15.8. The molecule has 0 amide bonds. The van der Waals surface area contributed by atoms with E-state index in [1.54, 1.807) is 6.07 Å². The van der Waals surface area contributed by atoms with Crippen LogP contribution in [0.5, 0.6) is 5.75 Å². The number of rotatable bonds is 4. The van der Waals surface area contributed by atoms with Gasteiger partial charge in [-0.25, -0.2) is 0 Å². The second-order valence-corrected chi connectivity index (χ2v) is 7.77. The van der Waals surface area contributed by atoms with Gasteiger partial charge in [0, 0.05) is 52.4 Å². The van der Waals surface area contributed by atoms with E-state index in [1.807, 2.05) is 25.2 Å². The number of phenolic OH excluding ortho intramolecular Hbond substituents is 1. The van der Waals surface area contributed by atoms with E-state index in [9.17, 15) is 5.11 Å². The SMILES string of the molecule is CN=C(NCC1CCN(C2CC2)C1)N1CCN(c2ccccc2O)CC1. The summed E-state index contributed by atoms with van der Waals surface area (Å²) in [5, 5.41) is 13.7. The van der Waals surface area contributed by atoms with Crippen molar-refractivity contribution in [3.8, 4) is 5.75 Å². The molecular formula is C20H31N5O. The van der Waals surface area contributed by atoms with Crippen molar-refractivity contribution in [2.75, 3.05) is 57.8 Å². The lowest BCUT2D eigenvalue weighted by Crippen LogP contribution is -2.53. The Kier molecular flexibility index (Phi) is 5.20. The van der Waals surface area contributed by atoms with Crippen LogP contribution in [0, 0.1) is 5.92 Å². The minimum absolute atomic E-state index is 0.366. The molecule has 6 heteroatoms. The molecule has 4 rings (SSSR count). The number of aliphatic imine (C=N–C) groups is 1. The third-order valence-electron chi connectivity index (χ3n) is 5.94. The summed E-state index contributed by atoms with van der Waals surface area (Å²) >= 11 is 0. The number of phenols is 1. The molecule has 1 saturated carbocycles. The first-order valence-electron chi connectivity index (χ1n) is 9.97. The Bertz CT molecular complexity index is 637. The van der Waals surface area contributed by atoms with Crippen LogP contribution in [0.15, 0.2) is 29.3 Å². The van der Waals surface area contributed by atoms with Gasteiger partial charge in [-0.15, -0.1) is 0 Å². The van der Waals surface area contributed by atoms with Gasteiger partial charge in [-0.2, -0.15) is 0 Å². The standard InChI is InChI=1S/C20H31N5O/c1-21-20(22-14-16-8-9-25(15-16)17-6-7-17)24-12-10-23(11-13-24)18-4-2-3-5-19(18)26/h2-5,16-17,26H,6-15H2,1H3,(H,21,22). The average Bonchev–Trinajstić information content (AvgIpc) is 3.42. The third kappa shape index (κ3) is 3.90. The van der Waals surface area contributed by atoms with Crippen molar-refractivity contribution in [2.24, 2.45) is 10.9 Å². The minimum Gasteiger partial charge on any atom is -0.506 e. The Morgan fingerprint density at radius 1 is 1.12 bits per heavy atom. The summed E-state index contributed by atoms with van der Waals surface area (Å²) in [6.07, 6.45) is 4.12. The normalized spacial score (nSPS) is 25.0. The second kappa shape index (κ2) is 7.74. The van der Waals surface area contributed by atoms with E-state index in [2.05, 4.69) is 25.0 Å². The Morgan fingerprint density at radius 3 is 2.58 bits per heavy atom. The monoisotopic (exact) mass is 357 g/mol. The highest BCUT2D eigenvalue weighted by atomic mass is 16.3. The highest BCUT2D eigenvalue weighted by Gasteiger charge is 2.34. The first-order valence-corrected chi connectivity index (χ1v) is 9.97. The van der Waals surface area contributed by atoms with Crippen LogP contribution in [0.2, 0.25) is 0 Å². The number of aromatic hydroxyl groups is 1. The number of hydrogen-bond acceptors (Lipinski definition) is 4. The molecule has 1 aromatic rings. The van der Waals surface area contributed by atoms with Crippen LogP contribution in [-0.2, 0) is 0 Å². The predicted octanol–water partition coefficient (Wildman–Crippen LogP) is 1.57. The van der Waals surface area contributed by atoms with E-state index >= 15 is 0 Å². The highest BCUT2D eigenvalue weighted by Crippen LogP contribution is 2.31.